The summed E-state index contributed by atoms with van der Waals surface area (Å²) in [6, 6.07) is 8.18. The molecule has 1 N–H and O–H groups in total. The zero-order chi connectivity index (χ0) is 12.8. The van der Waals surface area contributed by atoms with Crippen LogP contribution in [0.2, 0.25) is 0 Å². The number of aliphatic hydroxyl groups is 1. The Bertz CT molecular complexity index is 361. The van der Waals surface area contributed by atoms with E-state index in [0.29, 0.717) is 25.7 Å². The van der Waals surface area contributed by atoms with Gasteiger partial charge in [-0.25, -0.2) is 0 Å². The van der Waals surface area contributed by atoms with Crippen LogP contribution in [0.3, 0.4) is 0 Å². The summed E-state index contributed by atoms with van der Waals surface area (Å²) in [5, 5.41) is 10.2. The van der Waals surface area contributed by atoms with E-state index in [-0.39, 0.29) is 0 Å². The molecule has 1 fully saturated rings. The van der Waals surface area contributed by atoms with E-state index in [1.807, 2.05) is 12.1 Å². The molecular weight excluding hydrogens is 228 g/mol. The molecular formula is C15H22O3. The first kappa shape index (κ1) is 13.5. The van der Waals surface area contributed by atoms with Crippen LogP contribution >= 0.6 is 0 Å². The summed E-state index contributed by atoms with van der Waals surface area (Å²) in [6.45, 7) is 1.43. The summed E-state index contributed by atoms with van der Waals surface area (Å²) in [5.41, 5.74) is 2.33. The highest BCUT2D eigenvalue weighted by molar-refractivity contribution is 5.33. The van der Waals surface area contributed by atoms with Crippen LogP contribution in [-0.4, -0.2) is 32.0 Å². The second kappa shape index (κ2) is 6.88. The van der Waals surface area contributed by atoms with Crippen molar-refractivity contribution in [2.75, 3.05) is 26.9 Å². The maximum Gasteiger partial charge on any atom is 0.103 e. The van der Waals surface area contributed by atoms with Crippen LogP contribution < -0.4 is 0 Å². The predicted molar refractivity (Wildman–Crippen MR) is 70.7 cm³/mol. The van der Waals surface area contributed by atoms with E-state index in [9.17, 15) is 5.11 Å². The van der Waals surface area contributed by atoms with Crippen LogP contribution in [0.15, 0.2) is 24.3 Å². The highest BCUT2D eigenvalue weighted by atomic mass is 16.5. The lowest BCUT2D eigenvalue weighted by molar-refractivity contribution is 0.0120. The van der Waals surface area contributed by atoms with Crippen LogP contribution in [0.25, 0.3) is 0 Å². The summed E-state index contributed by atoms with van der Waals surface area (Å²) in [5.74, 6) is 0.634. The topological polar surface area (TPSA) is 38.7 Å². The Morgan fingerprint density at radius 3 is 2.72 bits per heavy atom. The molecule has 0 heterocycles. The van der Waals surface area contributed by atoms with Crippen molar-refractivity contribution in [1.82, 2.24) is 0 Å². The van der Waals surface area contributed by atoms with E-state index in [4.69, 9.17) is 9.47 Å². The largest absolute Gasteiger partial charge is 0.386 e. The molecule has 0 bridgehead atoms. The van der Waals surface area contributed by atoms with Crippen molar-refractivity contribution in [3.05, 3.63) is 35.4 Å². The molecule has 100 valence electrons. The van der Waals surface area contributed by atoms with Gasteiger partial charge < -0.3 is 14.6 Å². The predicted octanol–water partition coefficient (Wildman–Crippen LogP) is 2.65. The van der Waals surface area contributed by atoms with Gasteiger partial charge >= 0.3 is 0 Å². The van der Waals surface area contributed by atoms with Gasteiger partial charge in [0.2, 0.25) is 0 Å². The Morgan fingerprint density at radius 1 is 1.28 bits per heavy atom. The number of rotatable bonds is 7. The van der Waals surface area contributed by atoms with Gasteiger partial charge in [0.25, 0.3) is 0 Å². The zero-order valence-electron chi connectivity index (χ0n) is 11.0. The Morgan fingerprint density at radius 2 is 2.06 bits per heavy atom. The lowest BCUT2D eigenvalue weighted by Crippen LogP contribution is -2.16. The number of aliphatic hydroxyl groups excluding tert-OH is 1. The molecule has 1 saturated carbocycles. The molecule has 1 aliphatic carbocycles. The third kappa shape index (κ3) is 3.31. The summed E-state index contributed by atoms with van der Waals surface area (Å²) < 4.78 is 10.3. The van der Waals surface area contributed by atoms with E-state index < -0.39 is 6.10 Å². The fourth-order valence-electron chi connectivity index (χ4n) is 2.33. The minimum Gasteiger partial charge on any atom is -0.386 e. The molecule has 0 amide bonds. The molecule has 1 atom stereocenters. The first-order valence-corrected chi connectivity index (χ1v) is 6.66. The Kier molecular flexibility index (Phi) is 5.17. The molecule has 3 nitrogen and oxygen atoms in total. The number of ether oxygens (including phenoxy) is 2. The normalized spacial score (nSPS) is 17.4. The van der Waals surface area contributed by atoms with Crippen molar-refractivity contribution in [3.63, 3.8) is 0 Å². The lowest BCUT2D eigenvalue weighted by Gasteiger charge is -2.29. The fourth-order valence-corrected chi connectivity index (χ4v) is 2.33. The highest BCUT2D eigenvalue weighted by Gasteiger charge is 2.24. The summed E-state index contributed by atoms with van der Waals surface area (Å²) in [6.07, 6.45) is 3.26. The van der Waals surface area contributed by atoms with Crippen LogP contribution in [0, 0.1) is 0 Å². The monoisotopic (exact) mass is 250 g/mol. The van der Waals surface area contributed by atoms with E-state index >= 15 is 0 Å². The molecule has 18 heavy (non-hydrogen) atoms. The van der Waals surface area contributed by atoms with Gasteiger partial charge in [0.15, 0.2) is 0 Å². The third-order valence-electron chi connectivity index (χ3n) is 3.61. The molecule has 1 unspecified atom stereocenters. The number of benzene rings is 1. The van der Waals surface area contributed by atoms with Crippen molar-refractivity contribution in [2.45, 2.75) is 31.3 Å². The average molecular weight is 250 g/mol. The van der Waals surface area contributed by atoms with E-state index in [1.165, 1.54) is 24.8 Å². The second-order valence-electron chi connectivity index (χ2n) is 4.84. The SMILES string of the molecule is COCCOCC(O)c1ccccc1C1CCC1. The molecule has 1 aliphatic rings. The molecule has 0 radical (unpaired) electrons. The smallest absolute Gasteiger partial charge is 0.103 e. The Labute approximate surface area is 109 Å². The van der Waals surface area contributed by atoms with Crippen molar-refractivity contribution in [2.24, 2.45) is 0 Å². The van der Waals surface area contributed by atoms with Crippen molar-refractivity contribution in [3.8, 4) is 0 Å². The molecule has 0 aliphatic heterocycles. The number of hydrogen-bond donors (Lipinski definition) is 1. The Balaban J connectivity index is 1.93. The van der Waals surface area contributed by atoms with Crippen LogP contribution in [0.4, 0.5) is 0 Å². The minimum absolute atomic E-state index is 0.340. The third-order valence-corrected chi connectivity index (χ3v) is 3.61. The van der Waals surface area contributed by atoms with Gasteiger partial charge in [0.1, 0.15) is 6.10 Å². The molecule has 0 spiro atoms. The molecule has 2 rings (SSSR count). The molecule has 1 aromatic carbocycles. The molecule has 0 aromatic heterocycles. The quantitative estimate of drug-likeness (QED) is 0.756. The van der Waals surface area contributed by atoms with Crippen molar-refractivity contribution >= 4 is 0 Å². The molecule has 3 heteroatoms. The van der Waals surface area contributed by atoms with Gasteiger partial charge in [0, 0.05) is 7.11 Å². The first-order chi connectivity index (χ1) is 8.83. The van der Waals surface area contributed by atoms with Crippen molar-refractivity contribution < 1.29 is 14.6 Å². The van der Waals surface area contributed by atoms with E-state index in [2.05, 4.69) is 12.1 Å². The van der Waals surface area contributed by atoms with Crippen LogP contribution in [0.1, 0.15) is 42.4 Å². The molecule has 1 aromatic rings. The van der Waals surface area contributed by atoms with Crippen molar-refractivity contribution in [1.29, 1.82) is 0 Å². The maximum atomic E-state index is 10.2. The van der Waals surface area contributed by atoms with E-state index in [1.54, 1.807) is 7.11 Å². The van der Waals surface area contributed by atoms with Gasteiger partial charge in [-0.05, 0) is 29.9 Å². The van der Waals surface area contributed by atoms with Crippen LogP contribution in [-0.2, 0) is 9.47 Å². The van der Waals surface area contributed by atoms with Gasteiger partial charge in [-0.2, -0.15) is 0 Å². The average Bonchev–Trinajstić information content (AvgIpc) is 2.33. The summed E-state index contributed by atoms with van der Waals surface area (Å²) >= 11 is 0. The minimum atomic E-state index is -0.529. The van der Waals surface area contributed by atoms with Gasteiger partial charge in [-0.15, -0.1) is 0 Å². The summed E-state index contributed by atoms with van der Waals surface area (Å²) in [7, 11) is 1.64. The highest BCUT2D eigenvalue weighted by Crippen LogP contribution is 2.39. The van der Waals surface area contributed by atoms with Gasteiger partial charge in [-0.1, -0.05) is 30.7 Å². The second-order valence-corrected chi connectivity index (χ2v) is 4.84. The first-order valence-electron chi connectivity index (χ1n) is 6.66. The number of hydrogen-bond acceptors (Lipinski definition) is 3. The molecule has 0 saturated heterocycles. The fraction of sp³-hybridized carbons (Fsp3) is 0.600. The van der Waals surface area contributed by atoms with Crippen LogP contribution in [0.5, 0.6) is 0 Å². The summed E-state index contributed by atoms with van der Waals surface area (Å²) in [4.78, 5) is 0. The Hall–Kier alpha value is -0.900. The van der Waals surface area contributed by atoms with Gasteiger partial charge in [0.05, 0.1) is 19.8 Å². The van der Waals surface area contributed by atoms with E-state index in [0.717, 1.165) is 5.56 Å². The maximum absolute atomic E-state index is 10.2. The number of methoxy groups -OCH3 is 1. The zero-order valence-corrected chi connectivity index (χ0v) is 11.0. The lowest BCUT2D eigenvalue weighted by atomic mass is 9.77. The van der Waals surface area contributed by atoms with Gasteiger partial charge in [-0.3, -0.25) is 0 Å². The standard InChI is InChI=1S/C15H22O3/c1-17-9-10-18-11-15(16)14-8-3-2-7-13(14)12-5-4-6-12/h2-3,7-8,12,15-16H,4-6,9-11H2,1H3.